The highest BCUT2D eigenvalue weighted by atomic mass is 14.9. The average molecular weight is 275 g/mol. The monoisotopic (exact) mass is 275 g/mol. The summed E-state index contributed by atoms with van der Waals surface area (Å²) >= 11 is 0. The molecular formula is C19H33N. The zero-order valence-electron chi connectivity index (χ0n) is 14.2. The summed E-state index contributed by atoms with van der Waals surface area (Å²) in [6.45, 7) is 8.97. The minimum atomic E-state index is 0.622. The van der Waals surface area contributed by atoms with Crippen LogP contribution in [0.3, 0.4) is 0 Å². The number of benzene rings is 1. The van der Waals surface area contributed by atoms with Crippen molar-refractivity contribution in [3.05, 3.63) is 34.4 Å². The molecule has 0 fully saturated rings. The van der Waals surface area contributed by atoms with E-state index in [-0.39, 0.29) is 0 Å². The second-order valence-electron chi connectivity index (χ2n) is 6.27. The molecule has 20 heavy (non-hydrogen) atoms. The van der Waals surface area contributed by atoms with Gasteiger partial charge >= 0.3 is 0 Å². The van der Waals surface area contributed by atoms with Crippen molar-refractivity contribution >= 4 is 0 Å². The lowest BCUT2D eigenvalue weighted by molar-refractivity contribution is 0.480. The summed E-state index contributed by atoms with van der Waals surface area (Å²) in [5.74, 6) is 0. The molecule has 0 aliphatic carbocycles. The van der Waals surface area contributed by atoms with Gasteiger partial charge in [-0.2, -0.15) is 0 Å². The molecule has 0 saturated heterocycles. The third kappa shape index (κ3) is 5.66. The van der Waals surface area contributed by atoms with Gasteiger partial charge in [0.25, 0.3) is 0 Å². The zero-order valence-corrected chi connectivity index (χ0v) is 14.2. The Kier molecular flexibility index (Phi) is 7.91. The summed E-state index contributed by atoms with van der Waals surface area (Å²) in [7, 11) is 2.11. The smallest absolute Gasteiger partial charge is 0.0105 e. The second-order valence-corrected chi connectivity index (χ2v) is 6.27. The van der Waals surface area contributed by atoms with E-state index in [9.17, 15) is 0 Å². The number of hydrogen-bond acceptors (Lipinski definition) is 1. The summed E-state index contributed by atoms with van der Waals surface area (Å²) in [5, 5.41) is 3.51. The molecule has 1 aromatic carbocycles. The summed E-state index contributed by atoms with van der Waals surface area (Å²) in [5.41, 5.74) is 5.83. The van der Waals surface area contributed by atoms with Crippen LogP contribution in [0.25, 0.3) is 0 Å². The van der Waals surface area contributed by atoms with E-state index >= 15 is 0 Å². The minimum absolute atomic E-state index is 0.622. The van der Waals surface area contributed by atoms with Crippen molar-refractivity contribution in [2.24, 2.45) is 0 Å². The molecule has 1 unspecified atom stereocenters. The largest absolute Gasteiger partial charge is 0.317 e. The number of aryl methyl sites for hydroxylation is 3. The van der Waals surface area contributed by atoms with E-state index in [2.05, 4.69) is 52.2 Å². The first-order valence-electron chi connectivity index (χ1n) is 8.32. The Morgan fingerprint density at radius 1 is 0.950 bits per heavy atom. The first-order valence-corrected chi connectivity index (χ1v) is 8.32. The van der Waals surface area contributed by atoms with Crippen molar-refractivity contribution in [1.82, 2.24) is 5.32 Å². The number of hydrogen-bond donors (Lipinski definition) is 1. The summed E-state index contributed by atoms with van der Waals surface area (Å²) < 4.78 is 0. The molecule has 0 spiro atoms. The Hall–Kier alpha value is -0.820. The molecule has 0 aliphatic rings. The van der Waals surface area contributed by atoms with E-state index in [0.29, 0.717) is 6.04 Å². The SMILES string of the molecule is CCCCCCCC(Cc1c(C)cc(C)cc1C)NC. The quantitative estimate of drug-likeness (QED) is 0.618. The molecule has 0 saturated carbocycles. The molecule has 114 valence electrons. The van der Waals surface area contributed by atoms with Gasteiger partial charge in [-0.3, -0.25) is 0 Å². The van der Waals surface area contributed by atoms with E-state index in [1.54, 1.807) is 5.56 Å². The van der Waals surface area contributed by atoms with Crippen LogP contribution in [0.2, 0.25) is 0 Å². The molecule has 0 radical (unpaired) electrons. The molecule has 1 rings (SSSR count). The van der Waals surface area contributed by atoms with Crippen molar-refractivity contribution in [3.63, 3.8) is 0 Å². The van der Waals surface area contributed by atoms with E-state index in [4.69, 9.17) is 0 Å². The predicted molar refractivity (Wildman–Crippen MR) is 90.6 cm³/mol. The third-order valence-corrected chi connectivity index (χ3v) is 4.36. The van der Waals surface area contributed by atoms with Gasteiger partial charge in [0.2, 0.25) is 0 Å². The van der Waals surface area contributed by atoms with E-state index in [1.165, 1.54) is 61.6 Å². The minimum Gasteiger partial charge on any atom is -0.317 e. The maximum atomic E-state index is 3.51. The van der Waals surface area contributed by atoms with Gasteiger partial charge in [0, 0.05) is 6.04 Å². The van der Waals surface area contributed by atoms with Crippen LogP contribution in [0.15, 0.2) is 12.1 Å². The first kappa shape index (κ1) is 17.2. The maximum absolute atomic E-state index is 3.51. The number of likely N-dealkylation sites (N-methyl/N-ethyl adjacent to an activating group) is 1. The Bertz CT molecular complexity index is 372. The predicted octanol–water partition coefficient (Wildman–Crippen LogP) is 5.10. The molecule has 1 aromatic rings. The van der Waals surface area contributed by atoms with Crippen molar-refractivity contribution in [3.8, 4) is 0 Å². The van der Waals surface area contributed by atoms with Crippen LogP contribution in [0, 0.1) is 20.8 Å². The van der Waals surface area contributed by atoms with Crippen LogP contribution in [-0.2, 0) is 6.42 Å². The van der Waals surface area contributed by atoms with Crippen molar-refractivity contribution < 1.29 is 0 Å². The van der Waals surface area contributed by atoms with Gasteiger partial charge in [0.05, 0.1) is 0 Å². The molecule has 1 N–H and O–H groups in total. The van der Waals surface area contributed by atoms with Gasteiger partial charge in [-0.15, -0.1) is 0 Å². The van der Waals surface area contributed by atoms with Gasteiger partial charge in [-0.1, -0.05) is 56.7 Å². The second kappa shape index (κ2) is 9.18. The fraction of sp³-hybridized carbons (Fsp3) is 0.684. The zero-order chi connectivity index (χ0) is 15.0. The molecule has 1 atom stereocenters. The lowest BCUT2D eigenvalue weighted by atomic mass is 9.92. The molecule has 0 aliphatic heterocycles. The van der Waals surface area contributed by atoms with Crippen molar-refractivity contribution in [2.45, 2.75) is 78.7 Å². The van der Waals surface area contributed by atoms with Crippen LogP contribution in [-0.4, -0.2) is 13.1 Å². The van der Waals surface area contributed by atoms with Crippen molar-refractivity contribution in [1.29, 1.82) is 0 Å². The Morgan fingerprint density at radius 3 is 2.10 bits per heavy atom. The van der Waals surface area contributed by atoms with Crippen molar-refractivity contribution in [2.75, 3.05) is 7.05 Å². The van der Waals surface area contributed by atoms with Crippen LogP contribution in [0.4, 0.5) is 0 Å². The van der Waals surface area contributed by atoms with E-state index < -0.39 is 0 Å². The van der Waals surface area contributed by atoms with Crippen LogP contribution in [0.1, 0.15) is 67.7 Å². The standard InChI is InChI=1S/C19H33N/c1-6-7-8-9-10-11-18(20-5)14-19-16(3)12-15(2)13-17(19)4/h12-13,18,20H,6-11,14H2,1-5H3. The highest BCUT2D eigenvalue weighted by Gasteiger charge is 2.11. The van der Waals surface area contributed by atoms with E-state index in [1.807, 2.05) is 0 Å². The maximum Gasteiger partial charge on any atom is 0.0105 e. The fourth-order valence-electron chi connectivity index (χ4n) is 3.12. The van der Waals surface area contributed by atoms with Crippen LogP contribution >= 0.6 is 0 Å². The lowest BCUT2D eigenvalue weighted by Crippen LogP contribution is -2.28. The Morgan fingerprint density at radius 2 is 1.55 bits per heavy atom. The molecule has 0 amide bonds. The van der Waals surface area contributed by atoms with Gasteiger partial charge in [0.1, 0.15) is 0 Å². The molecule has 0 bridgehead atoms. The molecule has 0 heterocycles. The highest BCUT2D eigenvalue weighted by Crippen LogP contribution is 2.20. The van der Waals surface area contributed by atoms with Gasteiger partial charge < -0.3 is 5.32 Å². The van der Waals surface area contributed by atoms with Gasteiger partial charge in [-0.25, -0.2) is 0 Å². The first-order chi connectivity index (χ1) is 9.58. The number of unbranched alkanes of at least 4 members (excludes halogenated alkanes) is 4. The topological polar surface area (TPSA) is 12.0 Å². The number of nitrogens with one attached hydrogen (secondary N) is 1. The highest BCUT2D eigenvalue weighted by molar-refractivity contribution is 5.38. The number of rotatable bonds is 9. The van der Waals surface area contributed by atoms with E-state index in [0.717, 1.165) is 0 Å². The Labute approximate surface area is 126 Å². The third-order valence-electron chi connectivity index (χ3n) is 4.36. The fourth-order valence-corrected chi connectivity index (χ4v) is 3.12. The normalized spacial score (nSPS) is 12.7. The van der Waals surface area contributed by atoms with Gasteiger partial charge in [0.15, 0.2) is 0 Å². The average Bonchev–Trinajstić information content (AvgIpc) is 2.40. The molecular weight excluding hydrogens is 242 g/mol. The van der Waals surface area contributed by atoms with Crippen LogP contribution in [0.5, 0.6) is 0 Å². The Balaban J connectivity index is 2.52. The lowest BCUT2D eigenvalue weighted by Gasteiger charge is -2.19. The summed E-state index contributed by atoms with van der Waals surface area (Å²) in [6.07, 6.45) is 9.33. The summed E-state index contributed by atoms with van der Waals surface area (Å²) in [6, 6.07) is 5.25. The molecule has 0 aromatic heterocycles. The summed E-state index contributed by atoms with van der Waals surface area (Å²) in [4.78, 5) is 0. The van der Waals surface area contributed by atoms with Crippen LogP contribution < -0.4 is 5.32 Å². The molecule has 1 nitrogen and oxygen atoms in total. The molecule has 1 heteroatoms. The van der Waals surface area contributed by atoms with Gasteiger partial charge in [-0.05, 0) is 57.4 Å².